The van der Waals surface area contributed by atoms with Gasteiger partial charge >= 0.3 is 39.5 Å². The van der Waals surface area contributed by atoms with Crippen LogP contribution < -0.4 is 0 Å². The van der Waals surface area contributed by atoms with Gasteiger partial charge in [-0.2, -0.15) is 0 Å². The summed E-state index contributed by atoms with van der Waals surface area (Å²) in [5.41, 5.74) is 0. The van der Waals surface area contributed by atoms with E-state index >= 15 is 0 Å². The van der Waals surface area contributed by atoms with Gasteiger partial charge in [-0.3, -0.25) is 37.3 Å². The van der Waals surface area contributed by atoms with Crippen LogP contribution in [0, 0.1) is 0 Å². The van der Waals surface area contributed by atoms with Crippen molar-refractivity contribution in [3.63, 3.8) is 0 Å². The first-order chi connectivity index (χ1) is 48.7. The highest BCUT2D eigenvalue weighted by Crippen LogP contribution is 2.45. The zero-order valence-corrected chi connectivity index (χ0v) is 65.7. The average Bonchev–Trinajstić information content (AvgIpc) is 1.01. The van der Waals surface area contributed by atoms with Gasteiger partial charge in [-0.15, -0.1) is 0 Å². The fraction of sp³-hybridized carbons (Fsp3) is 0.827. The first-order valence-corrected chi connectivity index (χ1v) is 43.5. The number of phosphoric ester groups is 2. The molecular weight excluding hydrogens is 1310 g/mol. The average molecular weight is 1460 g/mol. The maximum atomic E-state index is 13.1. The zero-order valence-electron chi connectivity index (χ0n) is 63.9. The summed E-state index contributed by atoms with van der Waals surface area (Å²) in [6, 6.07) is 0. The first kappa shape index (κ1) is 96.8. The summed E-state index contributed by atoms with van der Waals surface area (Å²) in [5.74, 6) is -2.18. The van der Waals surface area contributed by atoms with Gasteiger partial charge in [0.15, 0.2) is 12.2 Å². The Morgan fingerprint density at radius 2 is 0.490 bits per heavy atom. The van der Waals surface area contributed by atoms with Gasteiger partial charge in [0, 0.05) is 25.7 Å². The summed E-state index contributed by atoms with van der Waals surface area (Å²) < 4.78 is 68.6. The Hall–Kier alpha value is -3.24. The van der Waals surface area contributed by atoms with Crippen LogP contribution in [-0.2, 0) is 65.4 Å². The monoisotopic (exact) mass is 1460 g/mol. The topological polar surface area (TPSA) is 237 Å². The lowest BCUT2D eigenvalue weighted by Gasteiger charge is -2.21. The Balaban J connectivity index is 5.35. The summed E-state index contributed by atoms with van der Waals surface area (Å²) in [6.45, 7) is 4.85. The minimum Gasteiger partial charge on any atom is -0.462 e. The molecule has 0 bridgehead atoms. The number of hydrogen-bond acceptors (Lipinski definition) is 15. The van der Waals surface area contributed by atoms with E-state index in [1.54, 1.807) is 0 Å². The predicted molar refractivity (Wildman–Crippen MR) is 409 cm³/mol. The largest absolute Gasteiger partial charge is 0.472 e. The molecule has 100 heavy (non-hydrogen) atoms. The Labute approximate surface area is 610 Å². The van der Waals surface area contributed by atoms with Crippen LogP contribution >= 0.6 is 15.6 Å². The Kier molecular flexibility index (Phi) is 71.6. The molecule has 17 nitrogen and oxygen atoms in total. The van der Waals surface area contributed by atoms with Crippen molar-refractivity contribution in [1.82, 2.24) is 0 Å². The van der Waals surface area contributed by atoms with Gasteiger partial charge in [-0.25, -0.2) is 9.13 Å². The van der Waals surface area contributed by atoms with Gasteiger partial charge in [-0.05, 0) is 116 Å². The molecule has 0 aromatic carbocycles. The van der Waals surface area contributed by atoms with Crippen molar-refractivity contribution < 1.29 is 80.2 Å². The molecular formula is C81H148O17P2. The highest BCUT2D eigenvalue weighted by molar-refractivity contribution is 7.47. The van der Waals surface area contributed by atoms with E-state index in [1.165, 1.54) is 148 Å². The van der Waals surface area contributed by atoms with E-state index in [4.69, 9.17) is 37.0 Å². The first-order valence-electron chi connectivity index (χ1n) is 40.5. The molecule has 0 aliphatic carbocycles. The van der Waals surface area contributed by atoms with Crippen LogP contribution in [0.3, 0.4) is 0 Å². The third kappa shape index (κ3) is 73.1. The molecule has 19 heteroatoms. The molecule has 0 aliphatic heterocycles. The van der Waals surface area contributed by atoms with Crippen molar-refractivity contribution in [3.05, 3.63) is 60.8 Å². The molecule has 0 radical (unpaired) electrons. The second-order valence-electron chi connectivity index (χ2n) is 27.4. The normalized spacial score (nSPS) is 14.2. The van der Waals surface area contributed by atoms with Crippen molar-refractivity contribution >= 4 is 39.5 Å². The van der Waals surface area contributed by atoms with Gasteiger partial charge in [-0.1, -0.05) is 294 Å². The van der Waals surface area contributed by atoms with Crippen LogP contribution in [0.4, 0.5) is 0 Å². The molecule has 5 atom stereocenters. The van der Waals surface area contributed by atoms with E-state index in [0.29, 0.717) is 25.7 Å². The number of aliphatic hydroxyl groups excluding tert-OH is 1. The smallest absolute Gasteiger partial charge is 0.462 e. The van der Waals surface area contributed by atoms with Crippen molar-refractivity contribution in [3.8, 4) is 0 Å². The highest BCUT2D eigenvalue weighted by atomic mass is 31.2. The van der Waals surface area contributed by atoms with Gasteiger partial charge in [0.1, 0.15) is 19.3 Å². The van der Waals surface area contributed by atoms with Crippen molar-refractivity contribution in [1.29, 1.82) is 0 Å². The summed E-state index contributed by atoms with van der Waals surface area (Å²) in [4.78, 5) is 73.0. The number of rotatable bonds is 77. The predicted octanol–water partition coefficient (Wildman–Crippen LogP) is 23.5. The third-order valence-corrected chi connectivity index (χ3v) is 19.4. The van der Waals surface area contributed by atoms with Gasteiger partial charge < -0.3 is 33.8 Å². The molecule has 0 aromatic heterocycles. The fourth-order valence-corrected chi connectivity index (χ4v) is 12.8. The van der Waals surface area contributed by atoms with Crippen LogP contribution in [0.2, 0.25) is 0 Å². The molecule has 0 aromatic rings. The molecule has 0 spiro atoms. The number of hydrogen-bond donors (Lipinski definition) is 3. The van der Waals surface area contributed by atoms with Crippen LogP contribution in [0.15, 0.2) is 60.8 Å². The van der Waals surface area contributed by atoms with Gasteiger partial charge in [0.2, 0.25) is 0 Å². The van der Waals surface area contributed by atoms with Crippen LogP contribution in [-0.4, -0.2) is 96.7 Å². The molecule has 0 rings (SSSR count). The number of phosphoric acid groups is 2. The number of unbranched alkanes of at least 4 members (excludes halogenated alkanes) is 41. The lowest BCUT2D eigenvalue weighted by molar-refractivity contribution is -0.161. The number of allylic oxidation sites excluding steroid dienone is 10. The van der Waals surface area contributed by atoms with Crippen molar-refractivity contribution in [2.75, 3.05) is 39.6 Å². The van der Waals surface area contributed by atoms with E-state index < -0.39 is 97.5 Å². The lowest BCUT2D eigenvalue weighted by Crippen LogP contribution is -2.30. The molecule has 0 saturated carbocycles. The van der Waals surface area contributed by atoms with Crippen molar-refractivity contribution in [2.24, 2.45) is 0 Å². The minimum absolute atomic E-state index is 0.0792. The highest BCUT2D eigenvalue weighted by Gasteiger charge is 2.30. The maximum absolute atomic E-state index is 13.1. The number of aliphatic hydroxyl groups is 1. The lowest BCUT2D eigenvalue weighted by atomic mass is 10.0. The molecule has 584 valence electrons. The summed E-state index contributed by atoms with van der Waals surface area (Å²) in [6.07, 6.45) is 73.3. The van der Waals surface area contributed by atoms with E-state index in [9.17, 15) is 43.2 Å². The van der Waals surface area contributed by atoms with Gasteiger partial charge in [0.25, 0.3) is 0 Å². The molecule has 0 fully saturated rings. The quantitative estimate of drug-likeness (QED) is 0.0169. The van der Waals surface area contributed by atoms with Crippen LogP contribution in [0.1, 0.15) is 374 Å². The minimum atomic E-state index is -4.98. The number of carbonyl (C=O) groups is 4. The van der Waals surface area contributed by atoms with E-state index in [0.717, 1.165) is 148 Å². The van der Waals surface area contributed by atoms with Crippen LogP contribution in [0.5, 0.6) is 0 Å². The second-order valence-corrected chi connectivity index (χ2v) is 30.3. The second kappa shape index (κ2) is 74.0. The zero-order chi connectivity index (χ0) is 73.2. The molecule has 2 unspecified atom stereocenters. The summed E-state index contributed by atoms with van der Waals surface area (Å²) >= 11 is 0. The van der Waals surface area contributed by atoms with E-state index in [2.05, 4.69) is 88.5 Å². The molecule has 3 N–H and O–H groups in total. The van der Waals surface area contributed by atoms with Gasteiger partial charge in [0.05, 0.1) is 26.4 Å². The summed E-state index contributed by atoms with van der Waals surface area (Å²) in [5, 5.41) is 10.6. The SMILES string of the molecule is CCCCC/C=C/C/C=C/CCCCCCCC(=O)OC[C@H](COP(=O)(O)OC[C@@H](O)COP(=O)(O)OC[C@@H](COC(=O)CCCCCCCCCCCCCCCCC)OC(=O)CCCCCCC/C=C/CCCCCCCC)OC(=O)CCCCCCC/C=C/C/C=C/CCCCC. The standard InChI is InChI=1S/C81H148O17P2/c1-5-9-13-17-21-25-29-33-37-41-45-49-53-57-61-65-78(83)91-71-76(97-80(85)67-63-59-55-51-47-43-39-35-31-27-23-19-15-11-7-3)73-95-99(87,88)93-69-75(82)70-94-100(89,90)96-74-77(98-81(86)68-64-60-56-52-48-44-40-36-32-28-24-20-16-12-8-4)72-92-79(84)66-62-58-54-50-46-42-38-34-30-26-22-18-14-10-6-2/h21,23,25,27,33,35-37,39-40,75-77,82H,5-20,22,24,26,28-32,34,38,41-74H2,1-4H3,(H,87,88)(H,89,90)/b25-21+,27-23+,37-33+,39-35+,40-36+/t75-,76-,77-/m1/s1. The Bertz CT molecular complexity index is 2130. The number of esters is 4. The third-order valence-electron chi connectivity index (χ3n) is 17.5. The molecule has 0 aliphatic rings. The maximum Gasteiger partial charge on any atom is 0.472 e. The fourth-order valence-electron chi connectivity index (χ4n) is 11.2. The molecule has 0 saturated heterocycles. The Morgan fingerprint density at radius 3 is 0.770 bits per heavy atom. The number of carbonyl (C=O) groups excluding carboxylic acids is 4. The Morgan fingerprint density at radius 1 is 0.280 bits per heavy atom. The molecule has 0 amide bonds. The van der Waals surface area contributed by atoms with Crippen molar-refractivity contribution in [2.45, 2.75) is 393 Å². The number of ether oxygens (including phenoxy) is 4. The van der Waals surface area contributed by atoms with E-state index in [-0.39, 0.29) is 25.7 Å². The molecule has 0 heterocycles. The van der Waals surface area contributed by atoms with Crippen LogP contribution in [0.25, 0.3) is 0 Å². The van der Waals surface area contributed by atoms with E-state index in [1.807, 2.05) is 0 Å². The summed E-state index contributed by atoms with van der Waals surface area (Å²) in [7, 11) is -9.95.